The molecule has 0 bridgehead atoms. The lowest BCUT2D eigenvalue weighted by Crippen LogP contribution is -2.32. The Morgan fingerprint density at radius 3 is 3.00 bits per heavy atom. The van der Waals surface area contributed by atoms with Gasteiger partial charge in [0.1, 0.15) is 0 Å². The molecule has 1 aromatic rings. The van der Waals surface area contributed by atoms with E-state index in [2.05, 4.69) is 0 Å². The average molecular weight is 279 g/mol. The van der Waals surface area contributed by atoms with Crippen LogP contribution in [0.5, 0.6) is 0 Å². The van der Waals surface area contributed by atoms with Crippen LogP contribution in [0.25, 0.3) is 0 Å². The lowest BCUT2D eigenvalue weighted by atomic mass is 10.2. The van der Waals surface area contributed by atoms with E-state index in [9.17, 15) is 9.59 Å². The molecule has 0 unspecified atom stereocenters. The van der Waals surface area contributed by atoms with Crippen molar-refractivity contribution < 1.29 is 14.3 Å². The molecular formula is C14H17NO3S. The number of benzene rings is 1. The first kappa shape index (κ1) is 13.9. The van der Waals surface area contributed by atoms with Crippen molar-refractivity contribution in [2.75, 3.05) is 23.8 Å². The fraction of sp³-hybridized carbons (Fsp3) is 0.429. The van der Waals surface area contributed by atoms with Crippen LogP contribution in [0.3, 0.4) is 0 Å². The molecule has 0 fully saturated rings. The molecule has 102 valence electrons. The smallest absolute Gasteiger partial charge is 0.307 e. The summed E-state index contributed by atoms with van der Waals surface area (Å²) >= 11 is 1.68. The maximum Gasteiger partial charge on any atom is 0.307 e. The normalized spacial score (nSPS) is 14.8. The fourth-order valence-corrected chi connectivity index (χ4v) is 3.00. The van der Waals surface area contributed by atoms with Crippen molar-refractivity contribution in [3.63, 3.8) is 0 Å². The van der Waals surface area contributed by atoms with Crippen LogP contribution >= 0.6 is 11.8 Å². The van der Waals surface area contributed by atoms with Crippen LogP contribution in [0.1, 0.15) is 19.8 Å². The van der Waals surface area contributed by atoms with Crippen LogP contribution in [-0.2, 0) is 14.3 Å². The maximum atomic E-state index is 12.1. The molecule has 5 heteroatoms. The lowest BCUT2D eigenvalue weighted by molar-refractivity contribution is -0.142. The van der Waals surface area contributed by atoms with Crippen LogP contribution in [-0.4, -0.2) is 30.8 Å². The molecule has 0 aliphatic carbocycles. The topological polar surface area (TPSA) is 46.6 Å². The van der Waals surface area contributed by atoms with E-state index in [1.807, 2.05) is 24.3 Å². The van der Waals surface area contributed by atoms with Gasteiger partial charge in [-0.15, -0.1) is 11.8 Å². The number of hydrogen-bond acceptors (Lipinski definition) is 4. The molecule has 0 radical (unpaired) electrons. The highest BCUT2D eigenvalue weighted by Crippen LogP contribution is 2.33. The number of amides is 1. The summed E-state index contributed by atoms with van der Waals surface area (Å²) in [5.41, 5.74) is 0.902. The number of fused-ring (bicyclic) bond motifs is 1. The molecule has 1 amide bonds. The molecule has 4 nitrogen and oxygen atoms in total. The first-order valence-electron chi connectivity index (χ1n) is 6.40. The summed E-state index contributed by atoms with van der Waals surface area (Å²) in [7, 11) is 0. The SMILES string of the molecule is CCOC(=O)CCN1C(=O)CCSc2ccccc21. The van der Waals surface area contributed by atoms with E-state index in [0.29, 0.717) is 19.6 Å². The molecule has 1 aliphatic rings. The summed E-state index contributed by atoms with van der Waals surface area (Å²) in [5, 5.41) is 0. The third kappa shape index (κ3) is 3.50. The predicted molar refractivity (Wildman–Crippen MR) is 75.4 cm³/mol. The molecule has 19 heavy (non-hydrogen) atoms. The van der Waals surface area contributed by atoms with Gasteiger partial charge in [0, 0.05) is 23.6 Å². The molecule has 0 saturated heterocycles. The average Bonchev–Trinajstić information content (AvgIpc) is 2.55. The number of thioether (sulfide) groups is 1. The minimum atomic E-state index is -0.260. The van der Waals surface area contributed by atoms with Crippen molar-refractivity contribution in [3.05, 3.63) is 24.3 Å². The molecule has 1 aromatic carbocycles. The number of nitrogens with zero attached hydrogens (tertiary/aromatic N) is 1. The highest BCUT2D eigenvalue weighted by atomic mass is 32.2. The number of anilines is 1. The van der Waals surface area contributed by atoms with E-state index < -0.39 is 0 Å². The van der Waals surface area contributed by atoms with Crippen molar-refractivity contribution in [3.8, 4) is 0 Å². The van der Waals surface area contributed by atoms with Crippen molar-refractivity contribution in [1.29, 1.82) is 0 Å². The lowest BCUT2D eigenvalue weighted by Gasteiger charge is -2.22. The molecule has 2 rings (SSSR count). The highest BCUT2D eigenvalue weighted by Gasteiger charge is 2.22. The molecule has 1 aliphatic heterocycles. The zero-order valence-corrected chi connectivity index (χ0v) is 11.7. The van der Waals surface area contributed by atoms with Gasteiger partial charge in [-0.3, -0.25) is 9.59 Å². The molecular weight excluding hydrogens is 262 g/mol. The van der Waals surface area contributed by atoms with Crippen molar-refractivity contribution >= 4 is 29.3 Å². The summed E-state index contributed by atoms with van der Waals surface area (Å²) in [5.74, 6) is 0.595. The molecule has 0 saturated carbocycles. The Kier molecular flexibility index (Phi) is 4.85. The largest absolute Gasteiger partial charge is 0.466 e. The van der Waals surface area contributed by atoms with E-state index >= 15 is 0 Å². The first-order chi connectivity index (χ1) is 9.22. The van der Waals surface area contributed by atoms with Crippen LogP contribution in [0.15, 0.2) is 29.2 Å². The second kappa shape index (κ2) is 6.61. The Morgan fingerprint density at radius 1 is 1.42 bits per heavy atom. The minimum absolute atomic E-state index is 0.0711. The van der Waals surface area contributed by atoms with Gasteiger partial charge in [0.05, 0.1) is 18.7 Å². The second-order valence-corrected chi connectivity index (χ2v) is 5.30. The fourth-order valence-electron chi connectivity index (χ4n) is 2.00. The van der Waals surface area contributed by atoms with E-state index in [-0.39, 0.29) is 18.3 Å². The summed E-state index contributed by atoms with van der Waals surface area (Å²) < 4.78 is 4.91. The Labute approximate surface area is 117 Å². The van der Waals surface area contributed by atoms with Gasteiger partial charge >= 0.3 is 5.97 Å². The third-order valence-electron chi connectivity index (χ3n) is 2.88. The second-order valence-electron chi connectivity index (χ2n) is 4.17. The first-order valence-corrected chi connectivity index (χ1v) is 7.38. The van der Waals surface area contributed by atoms with Gasteiger partial charge < -0.3 is 9.64 Å². The molecule has 0 N–H and O–H groups in total. The quantitative estimate of drug-likeness (QED) is 0.794. The number of hydrogen-bond donors (Lipinski definition) is 0. The van der Waals surface area contributed by atoms with Crippen molar-refractivity contribution in [1.82, 2.24) is 0 Å². The zero-order chi connectivity index (χ0) is 13.7. The van der Waals surface area contributed by atoms with E-state index in [0.717, 1.165) is 16.3 Å². The van der Waals surface area contributed by atoms with Crippen LogP contribution in [0.2, 0.25) is 0 Å². The zero-order valence-electron chi connectivity index (χ0n) is 10.9. The summed E-state index contributed by atoms with van der Waals surface area (Å²) in [6.07, 6.45) is 0.737. The maximum absolute atomic E-state index is 12.1. The Hall–Kier alpha value is -1.49. The van der Waals surface area contributed by atoms with E-state index in [1.54, 1.807) is 23.6 Å². The van der Waals surface area contributed by atoms with E-state index in [4.69, 9.17) is 4.74 Å². The molecule has 0 aromatic heterocycles. The molecule has 0 spiro atoms. The number of rotatable bonds is 4. The van der Waals surface area contributed by atoms with Crippen LogP contribution in [0, 0.1) is 0 Å². The predicted octanol–water partition coefficient (Wildman–Crippen LogP) is 2.47. The van der Waals surface area contributed by atoms with Gasteiger partial charge in [0.15, 0.2) is 0 Å². The summed E-state index contributed by atoms with van der Waals surface area (Å²) in [6.45, 7) is 2.54. The van der Waals surface area contributed by atoms with Gasteiger partial charge in [-0.2, -0.15) is 0 Å². The van der Waals surface area contributed by atoms with Crippen molar-refractivity contribution in [2.24, 2.45) is 0 Å². The Morgan fingerprint density at radius 2 is 2.21 bits per heavy atom. The summed E-state index contributed by atoms with van der Waals surface area (Å²) in [4.78, 5) is 26.3. The number of carbonyl (C=O) groups is 2. The number of esters is 1. The summed E-state index contributed by atoms with van der Waals surface area (Å²) in [6, 6.07) is 7.81. The van der Waals surface area contributed by atoms with Crippen LogP contribution in [0.4, 0.5) is 5.69 Å². The Balaban J connectivity index is 2.12. The molecule has 0 atom stereocenters. The Bertz CT molecular complexity index is 476. The number of ether oxygens (including phenoxy) is 1. The van der Waals surface area contributed by atoms with Gasteiger partial charge in [0.25, 0.3) is 0 Å². The van der Waals surface area contributed by atoms with Crippen LogP contribution < -0.4 is 4.90 Å². The van der Waals surface area contributed by atoms with Crippen molar-refractivity contribution in [2.45, 2.75) is 24.7 Å². The van der Waals surface area contributed by atoms with Gasteiger partial charge in [-0.25, -0.2) is 0 Å². The van der Waals surface area contributed by atoms with Gasteiger partial charge in [-0.1, -0.05) is 12.1 Å². The van der Waals surface area contributed by atoms with Gasteiger partial charge in [0.2, 0.25) is 5.91 Å². The minimum Gasteiger partial charge on any atom is -0.466 e. The van der Waals surface area contributed by atoms with E-state index in [1.165, 1.54) is 0 Å². The highest BCUT2D eigenvalue weighted by molar-refractivity contribution is 7.99. The van der Waals surface area contributed by atoms with Gasteiger partial charge in [-0.05, 0) is 19.1 Å². The number of carbonyl (C=O) groups excluding carboxylic acids is 2. The monoisotopic (exact) mass is 279 g/mol. The molecule has 1 heterocycles. The standard InChI is InChI=1S/C14H17NO3S/c1-2-18-14(17)7-9-15-11-5-3-4-6-12(11)19-10-8-13(15)16/h3-6H,2,7-10H2,1H3. The number of para-hydroxylation sites is 1. The third-order valence-corrected chi connectivity index (χ3v) is 3.94.